The van der Waals surface area contributed by atoms with Gasteiger partial charge in [0, 0.05) is 16.6 Å². The Balaban J connectivity index is 1.44. The van der Waals surface area contributed by atoms with Gasteiger partial charge < -0.3 is 10.4 Å². The van der Waals surface area contributed by atoms with E-state index in [2.05, 4.69) is 39.9 Å². The van der Waals surface area contributed by atoms with E-state index in [1.54, 1.807) is 16.8 Å². The SMILES string of the molecule is O[C@@H](Cn1cc(-c2ccc(C3CCCN3)cc2)nn1)c1ccc(Cl)cc1. The van der Waals surface area contributed by atoms with Gasteiger partial charge in [-0.15, -0.1) is 5.10 Å². The molecule has 0 saturated carbocycles. The fourth-order valence-electron chi connectivity index (χ4n) is 3.34. The number of aliphatic hydroxyl groups is 1. The number of hydrogen-bond acceptors (Lipinski definition) is 4. The third kappa shape index (κ3) is 3.80. The topological polar surface area (TPSA) is 63.0 Å². The van der Waals surface area contributed by atoms with Crippen molar-refractivity contribution >= 4 is 11.6 Å². The Morgan fingerprint density at radius 2 is 1.92 bits per heavy atom. The van der Waals surface area contributed by atoms with Crippen LogP contribution < -0.4 is 5.32 Å². The molecule has 4 rings (SSSR count). The van der Waals surface area contributed by atoms with Gasteiger partial charge in [0.2, 0.25) is 0 Å². The van der Waals surface area contributed by atoms with E-state index in [4.69, 9.17) is 11.6 Å². The van der Waals surface area contributed by atoms with Crippen LogP contribution in [0.4, 0.5) is 0 Å². The highest BCUT2D eigenvalue weighted by Gasteiger charge is 2.16. The second-order valence-electron chi connectivity index (χ2n) is 6.66. The van der Waals surface area contributed by atoms with Crippen LogP contribution in [0.3, 0.4) is 0 Å². The van der Waals surface area contributed by atoms with Gasteiger partial charge in [0.25, 0.3) is 0 Å². The fraction of sp³-hybridized carbons (Fsp3) is 0.300. The first-order chi connectivity index (χ1) is 12.7. The fourth-order valence-corrected chi connectivity index (χ4v) is 3.47. The predicted molar refractivity (Wildman–Crippen MR) is 102 cm³/mol. The minimum Gasteiger partial charge on any atom is -0.386 e. The third-order valence-corrected chi connectivity index (χ3v) is 5.07. The molecular weight excluding hydrogens is 348 g/mol. The van der Waals surface area contributed by atoms with Crippen LogP contribution in [0.2, 0.25) is 5.02 Å². The summed E-state index contributed by atoms with van der Waals surface area (Å²) in [6, 6.07) is 16.1. The monoisotopic (exact) mass is 368 g/mol. The van der Waals surface area contributed by atoms with Crippen molar-refractivity contribution in [2.24, 2.45) is 0 Å². The van der Waals surface area contributed by atoms with Crippen LogP contribution in [0, 0.1) is 0 Å². The van der Waals surface area contributed by atoms with Crippen LogP contribution in [-0.2, 0) is 6.54 Å². The maximum Gasteiger partial charge on any atom is 0.113 e. The van der Waals surface area contributed by atoms with Crippen molar-refractivity contribution in [3.05, 3.63) is 70.9 Å². The summed E-state index contributed by atoms with van der Waals surface area (Å²) in [6.45, 7) is 1.44. The Morgan fingerprint density at radius 3 is 2.62 bits per heavy atom. The summed E-state index contributed by atoms with van der Waals surface area (Å²) in [5.74, 6) is 0. The standard InChI is InChI=1S/C20H21ClN4O/c21-17-9-7-16(8-10-17)20(26)13-25-12-19(23-24-25)15-5-3-14(4-6-15)18-2-1-11-22-18/h3-10,12,18,20,22,26H,1-2,11,13H2/t18?,20-/m0/s1. The zero-order valence-electron chi connectivity index (χ0n) is 14.3. The molecule has 0 aliphatic carbocycles. The van der Waals surface area contributed by atoms with E-state index < -0.39 is 6.10 Å². The highest BCUT2D eigenvalue weighted by Crippen LogP contribution is 2.26. The molecule has 1 saturated heterocycles. The third-order valence-electron chi connectivity index (χ3n) is 4.82. The quantitative estimate of drug-likeness (QED) is 0.719. The van der Waals surface area contributed by atoms with Crippen LogP contribution in [0.5, 0.6) is 0 Å². The molecule has 1 aliphatic heterocycles. The van der Waals surface area contributed by atoms with Crippen molar-refractivity contribution in [3.8, 4) is 11.3 Å². The molecule has 0 spiro atoms. The number of aromatic nitrogens is 3. The van der Waals surface area contributed by atoms with Gasteiger partial charge in [0.05, 0.1) is 18.8 Å². The molecule has 0 radical (unpaired) electrons. The Hall–Kier alpha value is -2.21. The predicted octanol–water partition coefficient (Wildman–Crippen LogP) is 3.76. The van der Waals surface area contributed by atoms with Crippen LogP contribution in [0.25, 0.3) is 11.3 Å². The Labute approximate surface area is 157 Å². The van der Waals surface area contributed by atoms with Crippen LogP contribution in [0.1, 0.15) is 36.1 Å². The number of benzene rings is 2. The number of nitrogens with one attached hydrogen (secondary N) is 1. The summed E-state index contributed by atoms with van der Waals surface area (Å²) in [6.07, 6.45) is 3.63. The molecule has 3 aromatic rings. The maximum absolute atomic E-state index is 10.4. The molecule has 6 heteroatoms. The summed E-state index contributed by atoms with van der Waals surface area (Å²) in [4.78, 5) is 0. The second kappa shape index (κ2) is 7.58. The molecule has 2 N–H and O–H groups in total. The lowest BCUT2D eigenvalue weighted by atomic mass is 10.0. The lowest BCUT2D eigenvalue weighted by Crippen LogP contribution is -2.12. The number of halogens is 1. The average molecular weight is 369 g/mol. The Kier molecular flexibility index (Phi) is 5.02. The molecule has 26 heavy (non-hydrogen) atoms. The van der Waals surface area contributed by atoms with Crippen molar-refractivity contribution in [2.45, 2.75) is 31.5 Å². The van der Waals surface area contributed by atoms with E-state index in [0.717, 1.165) is 23.4 Å². The van der Waals surface area contributed by atoms with Gasteiger partial charge in [0.1, 0.15) is 5.69 Å². The second-order valence-corrected chi connectivity index (χ2v) is 7.10. The molecule has 1 aliphatic rings. The molecule has 1 fully saturated rings. The van der Waals surface area contributed by atoms with E-state index in [0.29, 0.717) is 17.6 Å². The van der Waals surface area contributed by atoms with Gasteiger partial charge in [0.15, 0.2) is 0 Å². The average Bonchev–Trinajstić information content (AvgIpc) is 3.34. The molecule has 1 aromatic heterocycles. The van der Waals surface area contributed by atoms with E-state index in [-0.39, 0.29) is 0 Å². The minimum atomic E-state index is -0.655. The lowest BCUT2D eigenvalue weighted by molar-refractivity contribution is 0.150. The summed E-state index contributed by atoms with van der Waals surface area (Å²) in [5.41, 5.74) is 3.95. The molecule has 134 valence electrons. The van der Waals surface area contributed by atoms with Crippen molar-refractivity contribution in [2.75, 3.05) is 6.54 Å². The highest BCUT2D eigenvalue weighted by molar-refractivity contribution is 6.30. The molecule has 1 unspecified atom stereocenters. The number of aliphatic hydroxyl groups excluding tert-OH is 1. The normalized spacial score (nSPS) is 18.2. The van der Waals surface area contributed by atoms with E-state index in [1.165, 1.54) is 18.4 Å². The van der Waals surface area contributed by atoms with Crippen molar-refractivity contribution < 1.29 is 5.11 Å². The maximum atomic E-state index is 10.4. The van der Waals surface area contributed by atoms with Gasteiger partial charge in [-0.05, 0) is 42.6 Å². The first-order valence-electron chi connectivity index (χ1n) is 8.86. The summed E-state index contributed by atoms with van der Waals surface area (Å²) < 4.78 is 1.67. The van der Waals surface area contributed by atoms with Gasteiger partial charge in [-0.2, -0.15) is 0 Å². The zero-order valence-corrected chi connectivity index (χ0v) is 15.1. The highest BCUT2D eigenvalue weighted by atomic mass is 35.5. The molecular formula is C20H21ClN4O. The van der Waals surface area contributed by atoms with Gasteiger partial charge >= 0.3 is 0 Å². The summed E-state index contributed by atoms with van der Waals surface area (Å²) in [7, 11) is 0. The van der Waals surface area contributed by atoms with Gasteiger partial charge in [-0.25, -0.2) is 4.68 Å². The van der Waals surface area contributed by atoms with E-state index in [1.807, 2.05) is 18.3 Å². The molecule has 0 bridgehead atoms. The summed E-state index contributed by atoms with van der Waals surface area (Å²) in [5, 5.41) is 22.9. The first kappa shape index (κ1) is 17.2. The number of nitrogens with zero attached hydrogens (tertiary/aromatic N) is 3. The Bertz CT molecular complexity index is 854. The van der Waals surface area contributed by atoms with Crippen LogP contribution >= 0.6 is 11.6 Å². The van der Waals surface area contributed by atoms with Crippen LogP contribution in [-0.4, -0.2) is 26.6 Å². The lowest BCUT2D eigenvalue weighted by Gasteiger charge is -2.11. The first-order valence-corrected chi connectivity index (χ1v) is 9.24. The molecule has 2 aromatic carbocycles. The minimum absolute atomic E-state index is 0.346. The summed E-state index contributed by atoms with van der Waals surface area (Å²) >= 11 is 5.89. The molecule has 0 amide bonds. The van der Waals surface area contributed by atoms with E-state index in [9.17, 15) is 5.11 Å². The van der Waals surface area contributed by atoms with Crippen molar-refractivity contribution in [1.82, 2.24) is 20.3 Å². The Morgan fingerprint density at radius 1 is 1.15 bits per heavy atom. The smallest absolute Gasteiger partial charge is 0.113 e. The van der Waals surface area contributed by atoms with Crippen LogP contribution in [0.15, 0.2) is 54.7 Å². The largest absolute Gasteiger partial charge is 0.386 e. The van der Waals surface area contributed by atoms with Gasteiger partial charge in [-0.1, -0.05) is 53.2 Å². The van der Waals surface area contributed by atoms with Gasteiger partial charge in [-0.3, -0.25) is 0 Å². The van der Waals surface area contributed by atoms with E-state index >= 15 is 0 Å². The molecule has 2 atom stereocenters. The zero-order chi connectivity index (χ0) is 17.9. The molecule has 2 heterocycles. The number of hydrogen-bond donors (Lipinski definition) is 2. The molecule has 5 nitrogen and oxygen atoms in total. The van der Waals surface area contributed by atoms with Crippen molar-refractivity contribution in [1.29, 1.82) is 0 Å². The van der Waals surface area contributed by atoms with Crippen molar-refractivity contribution in [3.63, 3.8) is 0 Å². The number of rotatable bonds is 5.